The van der Waals surface area contributed by atoms with Gasteiger partial charge in [0.15, 0.2) is 5.82 Å². The summed E-state index contributed by atoms with van der Waals surface area (Å²) >= 11 is 0. The van der Waals surface area contributed by atoms with E-state index >= 15 is 0 Å². The van der Waals surface area contributed by atoms with Crippen LogP contribution >= 0.6 is 7.60 Å². The molecule has 3 amide bonds. The van der Waals surface area contributed by atoms with Gasteiger partial charge in [0.05, 0.1) is 25.5 Å². The minimum atomic E-state index is -3.52. The lowest BCUT2D eigenvalue weighted by atomic mass is 10.1. The Hall–Kier alpha value is -3.58. The molecular formula is C29H41N6O8P. The maximum Gasteiger partial charge on any atom is 0.407 e. The van der Waals surface area contributed by atoms with Crippen LogP contribution in [0.15, 0.2) is 36.4 Å². The first kappa shape index (κ1) is 33.3. The second kappa shape index (κ2) is 15.4. The smallest absolute Gasteiger partial charge is 0.407 e. The lowest BCUT2D eigenvalue weighted by Crippen LogP contribution is -2.56. The van der Waals surface area contributed by atoms with Gasteiger partial charge in [-0.05, 0) is 26.7 Å². The number of carbonyl (C=O) groups is 3. The van der Waals surface area contributed by atoms with Gasteiger partial charge >= 0.3 is 13.7 Å². The zero-order valence-corrected chi connectivity index (χ0v) is 26.3. The number of anilines is 1. The zero-order valence-electron chi connectivity index (χ0n) is 25.4. The van der Waals surface area contributed by atoms with Crippen molar-refractivity contribution in [2.24, 2.45) is 0 Å². The number of carboxylic acid groups (broad SMARTS) is 1. The number of nitrogens with zero attached hydrogens (tertiary/aromatic N) is 5. The highest BCUT2D eigenvalue weighted by atomic mass is 31.2. The summed E-state index contributed by atoms with van der Waals surface area (Å²) in [5.41, 5.74) is 0.796. The van der Waals surface area contributed by atoms with Crippen LogP contribution in [0, 0.1) is 0 Å². The fourth-order valence-electron chi connectivity index (χ4n) is 5.23. The minimum absolute atomic E-state index is 0.0217. The van der Waals surface area contributed by atoms with Crippen molar-refractivity contribution in [1.82, 2.24) is 25.1 Å². The molecule has 15 heteroatoms. The third-order valence-electron chi connectivity index (χ3n) is 7.59. The SMILES string of the molecule is CCOP(=O)(CC[C@@H](NC(=O)c1cc(N2CC[C@H](OC)C2)nc(-c2ccccc2)n1)C(=O)N1CCN(C(=O)O)CC1)OCC. The Bertz CT molecular complexity index is 1330. The van der Waals surface area contributed by atoms with Crippen LogP contribution < -0.4 is 10.2 Å². The third kappa shape index (κ3) is 8.53. The molecule has 0 unspecified atom stereocenters. The van der Waals surface area contributed by atoms with Crippen LogP contribution in [0.5, 0.6) is 0 Å². The molecule has 0 saturated carbocycles. The van der Waals surface area contributed by atoms with Gasteiger partial charge in [-0.3, -0.25) is 14.2 Å². The van der Waals surface area contributed by atoms with E-state index in [-0.39, 0.29) is 63.8 Å². The summed E-state index contributed by atoms with van der Waals surface area (Å²) in [5, 5.41) is 12.1. The van der Waals surface area contributed by atoms with Gasteiger partial charge in [-0.2, -0.15) is 0 Å². The van der Waals surface area contributed by atoms with Crippen LogP contribution in [0.4, 0.5) is 10.6 Å². The average molecular weight is 633 g/mol. The molecule has 2 aliphatic rings. The average Bonchev–Trinajstić information content (AvgIpc) is 3.53. The molecule has 2 aliphatic heterocycles. The molecule has 2 saturated heterocycles. The minimum Gasteiger partial charge on any atom is -0.465 e. The molecule has 2 aromatic rings. The molecule has 0 radical (unpaired) electrons. The fraction of sp³-hybridized carbons (Fsp3) is 0.552. The summed E-state index contributed by atoms with van der Waals surface area (Å²) in [6, 6.07) is 9.80. The van der Waals surface area contributed by atoms with Gasteiger partial charge in [0.2, 0.25) is 5.91 Å². The number of rotatable bonds is 13. The van der Waals surface area contributed by atoms with Crippen molar-refractivity contribution in [3.63, 3.8) is 0 Å². The number of benzene rings is 1. The van der Waals surface area contributed by atoms with E-state index in [0.29, 0.717) is 24.7 Å². The first-order valence-electron chi connectivity index (χ1n) is 14.8. The van der Waals surface area contributed by atoms with E-state index < -0.39 is 31.5 Å². The van der Waals surface area contributed by atoms with Gasteiger partial charge in [-0.25, -0.2) is 14.8 Å². The van der Waals surface area contributed by atoms with Crippen LogP contribution in [0.2, 0.25) is 0 Å². The van der Waals surface area contributed by atoms with Crippen molar-refractivity contribution in [3.8, 4) is 11.4 Å². The first-order chi connectivity index (χ1) is 21.2. The molecule has 0 aliphatic carbocycles. The third-order valence-corrected chi connectivity index (χ3v) is 9.70. The molecule has 1 aromatic heterocycles. The van der Waals surface area contributed by atoms with E-state index in [1.807, 2.05) is 35.2 Å². The monoisotopic (exact) mass is 632 g/mol. The molecular weight excluding hydrogens is 591 g/mol. The van der Waals surface area contributed by atoms with Crippen LogP contribution in [0.25, 0.3) is 11.4 Å². The Morgan fingerprint density at radius 2 is 1.68 bits per heavy atom. The van der Waals surface area contributed by atoms with Gasteiger partial charge in [-0.1, -0.05) is 30.3 Å². The second-order valence-corrected chi connectivity index (χ2v) is 12.7. The van der Waals surface area contributed by atoms with Crippen molar-refractivity contribution in [1.29, 1.82) is 0 Å². The largest absolute Gasteiger partial charge is 0.465 e. The van der Waals surface area contributed by atoms with Crippen molar-refractivity contribution in [2.75, 3.05) is 70.7 Å². The summed E-state index contributed by atoms with van der Waals surface area (Å²) in [6.07, 6.45) is -0.325. The lowest BCUT2D eigenvalue weighted by Gasteiger charge is -2.35. The number of methoxy groups -OCH3 is 1. The highest BCUT2D eigenvalue weighted by molar-refractivity contribution is 7.53. The number of amides is 3. The molecule has 0 spiro atoms. The Labute approximate surface area is 257 Å². The van der Waals surface area contributed by atoms with E-state index in [1.54, 1.807) is 27.0 Å². The molecule has 2 N–H and O–H groups in total. The van der Waals surface area contributed by atoms with Crippen LogP contribution in [0.3, 0.4) is 0 Å². The van der Waals surface area contributed by atoms with Gasteiger partial charge in [0.25, 0.3) is 5.91 Å². The Morgan fingerprint density at radius 3 is 2.27 bits per heavy atom. The molecule has 4 rings (SSSR count). The van der Waals surface area contributed by atoms with Crippen LogP contribution in [0.1, 0.15) is 37.2 Å². The Kier molecular flexibility index (Phi) is 11.7. The highest BCUT2D eigenvalue weighted by Gasteiger charge is 2.34. The predicted molar refractivity (Wildman–Crippen MR) is 163 cm³/mol. The van der Waals surface area contributed by atoms with E-state index in [1.165, 1.54) is 9.80 Å². The summed E-state index contributed by atoms with van der Waals surface area (Å²) in [7, 11) is -1.86. The zero-order chi connectivity index (χ0) is 31.7. The molecule has 44 heavy (non-hydrogen) atoms. The molecule has 3 heterocycles. The number of nitrogens with one attached hydrogen (secondary N) is 1. The molecule has 240 valence electrons. The summed E-state index contributed by atoms with van der Waals surface area (Å²) < 4.78 is 29.6. The maximum absolute atomic E-state index is 13.8. The number of carbonyl (C=O) groups excluding carboxylic acids is 2. The van der Waals surface area contributed by atoms with Crippen molar-refractivity contribution in [2.45, 2.75) is 38.8 Å². The standard InChI is InChI=1S/C29H41N6O8P/c1-4-42-44(40,43-5-2)18-12-23(28(37)33-14-16-34(17-15-33)29(38)39)31-27(36)24-19-25(35-13-11-22(20-35)41-3)32-26(30-24)21-9-7-6-8-10-21/h6-10,19,22-23H,4-5,11-18,20H2,1-3H3,(H,31,36)(H,38,39)/t22-,23+/m0/s1. The first-order valence-corrected chi connectivity index (χ1v) is 16.6. The molecule has 2 fully saturated rings. The summed E-state index contributed by atoms with van der Waals surface area (Å²) in [4.78, 5) is 53.0. The van der Waals surface area contributed by atoms with Crippen molar-refractivity contribution in [3.05, 3.63) is 42.1 Å². The molecule has 2 atom stereocenters. The predicted octanol–water partition coefficient (Wildman–Crippen LogP) is 2.95. The number of piperazine rings is 1. The van der Waals surface area contributed by atoms with Gasteiger partial charge in [-0.15, -0.1) is 0 Å². The van der Waals surface area contributed by atoms with Crippen LogP contribution in [-0.2, 0) is 23.1 Å². The maximum atomic E-state index is 13.8. The summed E-state index contributed by atoms with van der Waals surface area (Å²) in [5.74, 6) is -0.0890. The normalized spacial score (nSPS) is 17.9. The van der Waals surface area contributed by atoms with E-state index in [0.717, 1.165) is 12.0 Å². The van der Waals surface area contributed by atoms with Gasteiger partial charge in [0, 0.05) is 58.0 Å². The fourth-order valence-corrected chi connectivity index (χ4v) is 6.93. The van der Waals surface area contributed by atoms with Gasteiger partial charge < -0.3 is 38.9 Å². The quantitative estimate of drug-likeness (QED) is 0.312. The number of ether oxygens (including phenoxy) is 1. The van der Waals surface area contributed by atoms with E-state index in [4.69, 9.17) is 18.8 Å². The Balaban J connectivity index is 1.61. The Morgan fingerprint density at radius 1 is 1.02 bits per heavy atom. The van der Waals surface area contributed by atoms with Crippen molar-refractivity contribution < 1.29 is 37.8 Å². The highest BCUT2D eigenvalue weighted by Crippen LogP contribution is 2.48. The number of hydrogen-bond acceptors (Lipinski definition) is 10. The topological polar surface area (TPSA) is 164 Å². The van der Waals surface area contributed by atoms with Crippen LogP contribution in [-0.4, -0.2) is 121 Å². The summed E-state index contributed by atoms with van der Waals surface area (Å²) in [6.45, 7) is 5.63. The number of aromatic nitrogens is 2. The van der Waals surface area contributed by atoms with Crippen molar-refractivity contribution >= 4 is 31.3 Å². The molecule has 0 bridgehead atoms. The van der Waals surface area contributed by atoms with E-state index in [9.17, 15) is 24.1 Å². The molecule has 1 aromatic carbocycles. The lowest BCUT2D eigenvalue weighted by molar-refractivity contribution is -0.134. The van der Waals surface area contributed by atoms with Gasteiger partial charge in [0.1, 0.15) is 17.6 Å². The second-order valence-electron chi connectivity index (χ2n) is 10.5. The van der Waals surface area contributed by atoms with E-state index in [2.05, 4.69) is 10.3 Å². The number of hydrogen-bond donors (Lipinski definition) is 2. The molecule has 14 nitrogen and oxygen atoms in total.